The van der Waals surface area contributed by atoms with Crippen molar-refractivity contribution in [2.45, 2.75) is 18.4 Å². The van der Waals surface area contributed by atoms with Crippen molar-refractivity contribution < 1.29 is 14.6 Å². The van der Waals surface area contributed by atoms with E-state index in [-0.39, 0.29) is 24.7 Å². The molecule has 2 fully saturated rings. The van der Waals surface area contributed by atoms with Gasteiger partial charge in [0.2, 0.25) is 5.91 Å². The highest BCUT2D eigenvalue weighted by Gasteiger charge is 2.46. The molecule has 2 saturated heterocycles. The molecule has 1 N–H and O–H groups in total. The Morgan fingerprint density at radius 2 is 2.50 bits per heavy atom. The van der Waals surface area contributed by atoms with E-state index in [4.69, 9.17) is 4.74 Å². The van der Waals surface area contributed by atoms with Crippen molar-refractivity contribution in [2.24, 2.45) is 0 Å². The molecule has 1 unspecified atom stereocenters. The van der Waals surface area contributed by atoms with E-state index in [1.165, 1.54) is 0 Å². The van der Waals surface area contributed by atoms with Crippen molar-refractivity contribution in [3.63, 3.8) is 0 Å². The molecule has 68 valence electrons. The van der Waals surface area contributed by atoms with Gasteiger partial charge in [0, 0.05) is 6.54 Å². The van der Waals surface area contributed by atoms with Gasteiger partial charge < -0.3 is 14.7 Å². The van der Waals surface area contributed by atoms with Crippen molar-refractivity contribution in [3.8, 4) is 0 Å². The van der Waals surface area contributed by atoms with Crippen LogP contribution >= 0.6 is 0 Å². The number of amides is 1. The standard InChI is InChI=1S/C8H13NO3/c10-5-8-2-1-3-9(8)7(11)4-12-6-8/h10H,1-6H2. The monoisotopic (exact) mass is 171 g/mol. The number of aliphatic hydroxyl groups is 1. The fourth-order valence-corrected chi connectivity index (χ4v) is 2.09. The summed E-state index contributed by atoms with van der Waals surface area (Å²) in [5.74, 6) is 0.0211. The number of hydrogen-bond donors (Lipinski definition) is 1. The molecule has 0 aromatic rings. The molecule has 2 aliphatic rings. The summed E-state index contributed by atoms with van der Waals surface area (Å²) in [7, 11) is 0. The third-order valence-electron chi connectivity index (χ3n) is 2.79. The first-order valence-electron chi connectivity index (χ1n) is 4.28. The Morgan fingerprint density at radius 1 is 1.67 bits per heavy atom. The number of ether oxygens (including phenoxy) is 1. The van der Waals surface area contributed by atoms with Crippen LogP contribution in [0.1, 0.15) is 12.8 Å². The molecule has 4 heteroatoms. The van der Waals surface area contributed by atoms with Crippen molar-refractivity contribution in [1.29, 1.82) is 0 Å². The van der Waals surface area contributed by atoms with Gasteiger partial charge in [-0.1, -0.05) is 0 Å². The average Bonchev–Trinajstić information content (AvgIpc) is 2.50. The second-order valence-electron chi connectivity index (χ2n) is 3.52. The van der Waals surface area contributed by atoms with Crippen LogP contribution in [0.2, 0.25) is 0 Å². The average molecular weight is 171 g/mol. The van der Waals surface area contributed by atoms with Crippen molar-refractivity contribution in [3.05, 3.63) is 0 Å². The van der Waals surface area contributed by atoms with Crippen molar-refractivity contribution >= 4 is 5.91 Å². The quantitative estimate of drug-likeness (QED) is 0.571. The van der Waals surface area contributed by atoms with Crippen LogP contribution in [0.15, 0.2) is 0 Å². The Bertz CT molecular complexity index is 206. The van der Waals surface area contributed by atoms with E-state index in [0.717, 1.165) is 19.4 Å². The Morgan fingerprint density at radius 3 is 3.17 bits per heavy atom. The minimum atomic E-state index is -0.380. The molecule has 0 aromatic carbocycles. The molecule has 0 aliphatic carbocycles. The number of fused-ring (bicyclic) bond motifs is 1. The van der Waals surface area contributed by atoms with Gasteiger partial charge in [0.15, 0.2) is 0 Å². The molecule has 0 bridgehead atoms. The predicted octanol–water partition coefficient (Wildman–Crippen LogP) is -0.630. The first-order valence-corrected chi connectivity index (χ1v) is 4.28. The summed E-state index contributed by atoms with van der Waals surface area (Å²) in [5, 5.41) is 9.20. The molecule has 0 aromatic heterocycles. The second kappa shape index (κ2) is 2.71. The molecular weight excluding hydrogens is 158 g/mol. The van der Waals surface area contributed by atoms with Gasteiger partial charge in [-0.3, -0.25) is 4.79 Å². The van der Waals surface area contributed by atoms with Gasteiger partial charge in [-0.15, -0.1) is 0 Å². The summed E-state index contributed by atoms with van der Waals surface area (Å²) >= 11 is 0. The number of morpholine rings is 1. The molecule has 0 saturated carbocycles. The Kier molecular flexibility index (Phi) is 1.81. The highest BCUT2D eigenvalue weighted by atomic mass is 16.5. The lowest BCUT2D eigenvalue weighted by molar-refractivity contribution is -0.156. The van der Waals surface area contributed by atoms with Gasteiger partial charge in [-0.2, -0.15) is 0 Å². The fraction of sp³-hybridized carbons (Fsp3) is 0.875. The van der Waals surface area contributed by atoms with Crippen LogP contribution < -0.4 is 0 Å². The number of carbonyl (C=O) groups excluding carboxylic acids is 1. The molecule has 2 rings (SSSR count). The molecular formula is C8H13NO3. The van der Waals surface area contributed by atoms with E-state index >= 15 is 0 Å². The third kappa shape index (κ3) is 0.949. The maximum absolute atomic E-state index is 11.3. The number of rotatable bonds is 1. The summed E-state index contributed by atoms with van der Waals surface area (Å²) in [6.07, 6.45) is 1.85. The van der Waals surface area contributed by atoms with Crippen LogP contribution in [0.25, 0.3) is 0 Å². The van der Waals surface area contributed by atoms with Crippen LogP contribution in [0.4, 0.5) is 0 Å². The molecule has 12 heavy (non-hydrogen) atoms. The highest BCUT2D eigenvalue weighted by Crippen LogP contribution is 2.31. The maximum atomic E-state index is 11.3. The Hall–Kier alpha value is -0.610. The van der Waals surface area contributed by atoms with Crippen molar-refractivity contribution in [1.82, 2.24) is 4.90 Å². The number of carbonyl (C=O) groups is 1. The SMILES string of the molecule is O=C1COCC2(CO)CCCN12. The molecule has 4 nitrogen and oxygen atoms in total. The number of hydrogen-bond acceptors (Lipinski definition) is 3. The van der Waals surface area contributed by atoms with Gasteiger partial charge in [-0.05, 0) is 12.8 Å². The first kappa shape index (κ1) is 8.01. The second-order valence-corrected chi connectivity index (χ2v) is 3.52. The van der Waals surface area contributed by atoms with E-state index in [1.807, 2.05) is 0 Å². The summed E-state index contributed by atoms with van der Waals surface area (Å²) in [6.45, 7) is 1.48. The summed E-state index contributed by atoms with van der Waals surface area (Å²) in [6, 6.07) is 0. The van der Waals surface area contributed by atoms with E-state index < -0.39 is 0 Å². The lowest BCUT2D eigenvalue weighted by atomic mass is 9.97. The summed E-state index contributed by atoms with van der Waals surface area (Å²) < 4.78 is 5.14. The van der Waals surface area contributed by atoms with Gasteiger partial charge >= 0.3 is 0 Å². The van der Waals surface area contributed by atoms with Gasteiger partial charge in [-0.25, -0.2) is 0 Å². The largest absolute Gasteiger partial charge is 0.394 e. The Labute approximate surface area is 71.1 Å². The van der Waals surface area contributed by atoms with Crippen LogP contribution in [-0.2, 0) is 9.53 Å². The molecule has 2 heterocycles. The molecule has 2 aliphatic heterocycles. The summed E-state index contributed by atoms with van der Waals surface area (Å²) in [4.78, 5) is 13.1. The van der Waals surface area contributed by atoms with E-state index in [0.29, 0.717) is 6.61 Å². The topological polar surface area (TPSA) is 49.8 Å². The van der Waals surface area contributed by atoms with E-state index in [1.54, 1.807) is 4.90 Å². The fourth-order valence-electron chi connectivity index (χ4n) is 2.09. The number of nitrogens with zero attached hydrogens (tertiary/aromatic N) is 1. The van der Waals surface area contributed by atoms with Gasteiger partial charge in [0.05, 0.1) is 18.8 Å². The maximum Gasteiger partial charge on any atom is 0.249 e. The zero-order valence-corrected chi connectivity index (χ0v) is 6.95. The molecule has 0 spiro atoms. The molecule has 1 amide bonds. The van der Waals surface area contributed by atoms with Gasteiger partial charge in [0.25, 0.3) is 0 Å². The van der Waals surface area contributed by atoms with E-state index in [9.17, 15) is 9.90 Å². The smallest absolute Gasteiger partial charge is 0.249 e. The van der Waals surface area contributed by atoms with Crippen molar-refractivity contribution in [2.75, 3.05) is 26.4 Å². The lowest BCUT2D eigenvalue weighted by Crippen LogP contribution is -2.58. The summed E-state index contributed by atoms with van der Waals surface area (Å²) in [5.41, 5.74) is -0.380. The molecule has 0 radical (unpaired) electrons. The van der Waals surface area contributed by atoms with E-state index in [2.05, 4.69) is 0 Å². The molecule has 1 atom stereocenters. The Balaban J connectivity index is 2.22. The van der Waals surface area contributed by atoms with Gasteiger partial charge in [0.1, 0.15) is 6.61 Å². The third-order valence-corrected chi connectivity index (χ3v) is 2.79. The number of aliphatic hydroxyl groups excluding tert-OH is 1. The zero-order valence-electron chi connectivity index (χ0n) is 6.95. The van der Waals surface area contributed by atoms with Crippen LogP contribution in [0.5, 0.6) is 0 Å². The minimum Gasteiger partial charge on any atom is -0.394 e. The van der Waals surface area contributed by atoms with Crippen LogP contribution in [0, 0.1) is 0 Å². The zero-order chi connectivity index (χ0) is 8.60. The lowest BCUT2D eigenvalue weighted by Gasteiger charge is -2.40. The van der Waals surface area contributed by atoms with Crippen LogP contribution in [0.3, 0.4) is 0 Å². The first-order chi connectivity index (χ1) is 5.78. The minimum absolute atomic E-state index is 0.0211. The highest BCUT2D eigenvalue weighted by molar-refractivity contribution is 5.79. The van der Waals surface area contributed by atoms with Crippen LogP contribution in [-0.4, -0.2) is 47.8 Å². The predicted molar refractivity (Wildman–Crippen MR) is 41.6 cm³/mol. The normalized spacial score (nSPS) is 35.4.